The molecule has 1 fully saturated rings. The van der Waals surface area contributed by atoms with Gasteiger partial charge in [-0.15, -0.1) is 0 Å². The summed E-state index contributed by atoms with van der Waals surface area (Å²) in [5.41, 5.74) is 0.863. The van der Waals surface area contributed by atoms with Crippen LogP contribution < -0.4 is 14.8 Å². The van der Waals surface area contributed by atoms with Gasteiger partial charge in [-0.25, -0.2) is 8.42 Å². The van der Waals surface area contributed by atoms with Gasteiger partial charge in [-0.05, 0) is 43.9 Å². The van der Waals surface area contributed by atoms with Crippen molar-refractivity contribution in [2.45, 2.75) is 52.1 Å². The Morgan fingerprint density at radius 2 is 2.04 bits per heavy atom. The highest BCUT2D eigenvalue weighted by atomic mass is 32.2. The molecule has 1 aromatic carbocycles. The van der Waals surface area contributed by atoms with Gasteiger partial charge in [0.1, 0.15) is 6.04 Å². The van der Waals surface area contributed by atoms with Gasteiger partial charge in [0, 0.05) is 13.1 Å². The van der Waals surface area contributed by atoms with E-state index in [1.807, 2.05) is 32.0 Å². The summed E-state index contributed by atoms with van der Waals surface area (Å²) in [7, 11) is -1.83. The quantitative estimate of drug-likeness (QED) is 0.690. The first kappa shape index (κ1) is 21.5. The Hall–Kier alpha value is -1.80. The van der Waals surface area contributed by atoms with Crippen LogP contribution in [0.25, 0.3) is 0 Å². The molecule has 152 valence electrons. The maximum Gasteiger partial charge on any atom is 0.238 e. The third-order valence-electron chi connectivity index (χ3n) is 4.57. The highest BCUT2D eigenvalue weighted by Gasteiger charge is 2.35. The molecular weight excluding hydrogens is 368 g/mol. The van der Waals surface area contributed by atoms with E-state index in [4.69, 9.17) is 9.47 Å². The van der Waals surface area contributed by atoms with Crippen molar-refractivity contribution in [3.8, 4) is 11.5 Å². The van der Waals surface area contributed by atoms with Crippen molar-refractivity contribution in [3.63, 3.8) is 0 Å². The Balaban J connectivity index is 2.05. The molecule has 1 aliphatic heterocycles. The highest BCUT2D eigenvalue weighted by Crippen LogP contribution is 2.28. The molecule has 27 heavy (non-hydrogen) atoms. The fourth-order valence-corrected chi connectivity index (χ4v) is 5.03. The van der Waals surface area contributed by atoms with E-state index >= 15 is 0 Å². The first-order valence-electron chi connectivity index (χ1n) is 9.49. The second kappa shape index (κ2) is 9.94. The first-order valence-corrected chi connectivity index (χ1v) is 11.1. The minimum absolute atomic E-state index is 0.0763. The molecular formula is C19H30N2O5S. The van der Waals surface area contributed by atoms with Crippen LogP contribution in [-0.2, 0) is 21.4 Å². The molecule has 1 heterocycles. The molecule has 0 aliphatic carbocycles. The van der Waals surface area contributed by atoms with Crippen molar-refractivity contribution in [1.82, 2.24) is 9.62 Å². The van der Waals surface area contributed by atoms with Gasteiger partial charge in [-0.3, -0.25) is 4.79 Å². The van der Waals surface area contributed by atoms with E-state index in [2.05, 4.69) is 5.32 Å². The summed E-state index contributed by atoms with van der Waals surface area (Å²) in [5, 5.41) is 2.87. The molecule has 1 N–H and O–H groups in total. The smallest absolute Gasteiger partial charge is 0.238 e. The number of carbonyl (C=O) groups is 1. The van der Waals surface area contributed by atoms with E-state index in [1.165, 1.54) is 4.31 Å². The number of hydrogen-bond donors (Lipinski definition) is 1. The fraction of sp³-hybridized carbons (Fsp3) is 0.632. The number of amides is 1. The minimum Gasteiger partial charge on any atom is -0.493 e. The largest absolute Gasteiger partial charge is 0.493 e. The number of benzene rings is 1. The number of piperidine rings is 1. The van der Waals surface area contributed by atoms with Crippen molar-refractivity contribution in [2.75, 3.05) is 26.0 Å². The molecule has 0 saturated carbocycles. The van der Waals surface area contributed by atoms with E-state index in [-0.39, 0.29) is 11.7 Å². The fourth-order valence-electron chi connectivity index (χ4n) is 3.28. The number of carbonyl (C=O) groups excluding carboxylic acids is 1. The van der Waals surface area contributed by atoms with Gasteiger partial charge < -0.3 is 14.8 Å². The van der Waals surface area contributed by atoms with Crippen LogP contribution in [0.1, 0.15) is 45.1 Å². The van der Waals surface area contributed by atoms with Crippen LogP contribution in [0.15, 0.2) is 18.2 Å². The second-order valence-electron chi connectivity index (χ2n) is 6.57. The molecule has 7 nitrogen and oxygen atoms in total. The lowest BCUT2D eigenvalue weighted by Gasteiger charge is -2.33. The van der Waals surface area contributed by atoms with Crippen molar-refractivity contribution in [1.29, 1.82) is 0 Å². The van der Waals surface area contributed by atoms with Crippen LogP contribution in [0.4, 0.5) is 0 Å². The number of hydrogen-bond acceptors (Lipinski definition) is 5. The Morgan fingerprint density at radius 3 is 2.70 bits per heavy atom. The number of methoxy groups -OCH3 is 1. The topological polar surface area (TPSA) is 84.9 Å². The monoisotopic (exact) mass is 398 g/mol. The Labute approximate surface area is 162 Å². The number of ether oxygens (including phenoxy) is 2. The van der Waals surface area contributed by atoms with Crippen LogP contribution in [0.5, 0.6) is 11.5 Å². The van der Waals surface area contributed by atoms with Crippen LogP contribution >= 0.6 is 0 Å². The summed E-state index contributed by atoms with van der Waals surface area (Å²) < 4.78 is 37.1. The average molecular weight is 399 g/mol. The van der Waals surface area contributed by atoms with E-state index < -0.39 is 16.1 Å². The number of sulfonamides is 1. The number of nitrogens with one attached hydrogen (secondary N) is 1. The van der Waals surface area contributed by atoms with E-state index in [0.717, 1.165) is 18.4 Å². The standard InChI is InChI=1S/C19H30N2O5S/c1-4-12-27(23,24)21-11-7-6-8-16(21)19(22)20-14-15-9-10-17(26-5-2)18(13-15)25-3/h9-10,13,16H,4-8,11-12,14H2,1-3H3,(H,20,22). The van der Waals surface area contributed by atoms with Crippen molar-refractivity contribution in [3.05, 3.63) is 23.8 Å². The molecule has 8 heteroatoms. The third-order valence-corrected chi connectivity index (χ3v) is 6.65. The van der Waals surface area contributed by atoms with Gasteiger partial charge in [0.2, 0.25) is 15.9 Å². The van der Waals surface area contributed by atoms with E-state index in [0.29, 0.717) is 44.0 Å². The summed E-state index contributed by atoms with van der Waals surface area (Å²) in [5.74, 6) is 1.09. The molecule has 0 bridgehead atoms. The van der Waals surface area contributed by atoms with Gasteiger partial charge in [0.05, 0.1) is 19.5 Å². The maximum atomic E-state index is 12.7. The molecule has 2 rings (SSSR count). The van der Waals surface area contributed by atoms with Crippen molar-refractivity contribution >= 4 is 15.9 Å². The molecule has 1 aromatic rings. The molecule has 1 aliphatic rings. The minimum atomic E-state index is -3.40. The molecule has 0 aromatic heterocycles. The zero-order chi connectivity index (χ0) is 19.9. The summed E-state index contributed by atoms with van der Waals surface area (Å²) in [6, 6.07) is 4.86. The van der Waals surface area contributed by atoms with Crippen LogP contribution in [-0.4, -0.2) is 50.7 Å². The lowest BCUT2D eigenvalue weighted by molar-refractivity contribution is -0.125. The van der Waals surface area contributed by atoms with Crippen molar-refractivity contribution < 1.29 is 22.7 Å². The van der Waals surface area contributed by atoms with Gasteiger partial charge in [-0.1, -0.05) is 19.4 Å². The summed E-state index contributed by atoms with van der Waals surface area (Å²) >= 11 is 0. The predicted molar refractivity (Wildman–Crippen MR) is 104 cm³/mol. The summed E-state index contributed by atoms with van der Waals surface area (Å²) in [4.78, 5) is 12.7. The molecule has 1 unspecified atom stereocenters. The van der Waals surface area contributed by atoms with Gasteiger partial charge in [-0.2, -0.15) is 4.31 Å². The highest BCUT2D eigenvalue weighted by molar-refractivity contribution is 7.89. The van der Waals surface area contributed by atoms with Gasteiger partial charge >= 0.3 is 0 Å². The lowest BCUT2D eigenvalue weighted by Crippen LogP contribution is -2.52. The normalized spacial score (nSPS) is 18.1. The maximum absolute atomic E-state index is 12.7. The van der Waals surface area contributed by atoms with E-state index in [9.17, 15) is 13.2 Å². The van der Waals surface area contributed by atoms with Crippen LogP contribution in [0.2, 0.25) is 0 Å². The summed E-state index contributed by atoms with van der Waals surface area (Å²) in [6.45, 7) is 4.99. The average Bonchev–Trinajstić information content (AvgIpc) is 2.67. The lowest BCUT2D eigenvalue weighted by atomic mass is 10.0. The molecule has 1 amide bonds. The molecule has 0 radical (unpaired) electrons. The Bertz CT molecular complexity index is 736. The summed E-state index contributed by atoms with van der Waals surface area (Å²) in [6.07, 6.45) is 2.75. The third kappa shape index (κ3) is 5.59. The zero-order valence-electron chi connectivity index (χ0n) is 16.4. The van der Waals surface area contributed by atoms with Gasteiger partial charge in [0.25, 0.3) is 0 Å². The van der Waals surface area contributed by atoms with Crippen LogP contribution in [0, 0.1) is 0 Å². The molecule has 1 saturated heterocycles. The number of rotatable bonds is 9. The Kier molecular flexibility index (Phi) is 7.91. The second-order valence-corrected chi connectivity index (χ2v) is 8.62. The zero-order valence-corrected chi connectivity index (χ0v) is 17.2. The molecule has 0 spiro atoms. The van der Waals surface area contributed by atoms with Gasteiger partial charge in [0.15, 0.2) is 11.5 Å². The van der Waals surface area contributed by atoms with Crippen molar-refractivity contribution in [2.24, 2.45) is 0 Å². The predicted octanol–water partition coefficient (Wildman–Crippen LogP) is 2.30. The number of nitrogens with zero attached hydrogens (tertiary/aromatic N) is 1. The Morgan fingerprint density at radius 1 is 1.26 bits per heavy atom. The SMILES string of the molecule is CCCS(=O)(=O)N1CCCCC1C(=O)NCc1ccc(OCC)c(OC)c1. The van der Waals surface area contributed by atoms with Crippen LogP contribution in [0.3, 0.4) is 0 Å². The first-order chi connectivity index (χ1) is 12.9. The molecule has 1 atom stereocenters. The van der Waals surface area contributed by atoms with E-state index in [1.54, 1.807) is 7.11 Å².